The highest BCUT2D eigenvalue weighted by atomic mass is 32.2. The van der Waals surface area contributed by atoms with E-state index in [1.165, 1.54) is 28.6 Å². The molecule has 1 aliphatic carbocycles. The predicted octanol–water partition coefficient (Wildman–Crippen LogP) is 2.78. The van der Waals surface area contributed by atoms with Crippen LogP contribution in [-0.2, 0) is 24.3 Å². The van der Waals surface area contributed by atoms with Gasteiger partial charge in [0.15, 0.2) is 6.61 Å². The highest BCUT2D eigenvalue weighted by Crippen LogP contribution is 2.27. The molecule has 2 rings (SSSR count). The van der Waals surface area contributed by atoms with Gasteiger partial charge in [-0.25, -0.2) is 8.42 Å². The van der Waals surface area contributed by atoms with Gasteiger partial charge in [0, 0.05) is 25.2 Å². The fourth-order valence-electron chi connectivity index (χ4n) is 3.28. The van der Waals surface area contributed by atoms with Crippen LogP contribution in [0.2, 0.25) is 0 Å². The Morgan fingerprint density at radius 1 is 1.11 bits per heavy atom. The lowest BCUT2D eigenvalue weighted by molar-refractivity contribution is -0.148. The number of hydrogen-bond donors (Lipinski definition) is 1. The van der Waals surface area contributed by atoms with Crippen molar-refractivity contribution in [3.8, 4) is 0 Å². The van der Waals surface area contributed by atoms with Crippen LogP contribution in [0.4, 0.5) is 5.69 Å². The van der Waals surface area contributed by atoms with Crippen LogP contribution in [0.3, 0.4) is 0 Å². The fourth-order valence-corrected chi connectivity index (χ4v) is 4.73. The van der Waals surface area contributed by atoms with Gasteiger partial charge in [-0.1, -0.05) is 26.7 Å². The molecule has 27 heavy (non-hydrogen) atoms. The van der Waals surface area contributed by atoms with Crippen LogP contribution in [-0.4, -0.2) is 44.3 Å². The third-order valence-electron chi connectivity index (χ3n) is 4.78. The molecule has 1 fully saturated rings. The minimum absolute atomic E-state index is 0.173. The molecule has 1 aromatic carbocycles. The molecular weight excluding hydrogens is 368 g/mol. The van der Waals surface area contributed by atoms with Crippen molar-refractivity contribution in [1.82, 2.24) is 4.31 Å². The van der Waals surface area contributed by atoms with E-state index in [1.807, 2.05) is 0 Å². The minimum atomic E-state index is -3.53. The Bertz CT molecular complexity index is 736. The smallest absolute Gasteiger partial charge is 0.306 e. The molecule has 1 aliphatic rings. The molecule has 0 aromatic heterocycles. The molecule has 1 amide bonds. The molecular formula is C19H28N2O5S. The van der Waals surface area contributed by atoms with Gasteiger partial charge < -0.3 is 10.1 Å². The van der Waals surface area contributed by atoms with Crippen molar-refractivity contribution in [3.63, 3.8) is 0 Å². The van der Waals surface area contributed by atoms with Crippen molar-refractivity contribution in [2.45, 2.75) is 50.8 Å². The molecule has 0 spiro atoms. The van der Waals surface area contributed by atoms with Crippen LogP contribution in [0.25, 0.3) is 0 Å². The van der Waals surface area contributed by atoms with E-state index in [4.69, 9.17) is 4.74 Å². The van der Waals surface area contributed by atoms with E-state index >= 15 is 0 Å². The highest BCUT2D eigenvalue weighted by Gasteiger charge is 2.22. The summed E-state index contributed by atoms with van der Waals surface area (Å²) in [5.41, 5.74) is 0.449. The van der Waals surface area contributed by atoms with E-state index in [1.54, 1.807) is 13.8 Å². The normalized spacial score (nSPS) is 15.1. The Hall–Kier alpha value is -1.93. The van der Waals surface area contributed by atoms with Crippen LogP contribution in [0.1, 0.15) is 46.0 Å². The molecule has 1 N–H and O–H groups in total. The molecule has 150 valence electrons. The number of amides is 1. The van der Waals surface area contributed by atoms with Gasteiger partial charge in [-0.05, 0) is 43.0 Å². The largest absolute Gasteiger partial charge is 0.456 e. The van der Waals surface area contributed by atoms with E-state index in [-0.39, 0.29) is 17.5 Å². The Labute approximate surface area is 161 Å². The molecule has 0 unspecified atom stereocenters. The van der Waals surface area contributed by atoms with E-state index in [0.717, 1.165) is 25.7 Å². The van der Waals surface area contributed by atoms with E-state index < -0.39 is 15.9 Å². The van der Waals surface area contributed by atoms with Gasteiger partial charge in [-0.15, -0.1) is 0 Å². The van der Waals surface area contributed by atoms with Gasteiger partial charge in [-0.2, -0.15) is 4.31 Å². The first-order chi connectivity index (χ1) is 12.9. The Morgan fingerprint density at radius 2 is 1.70 bits per heavy atom. The Kier molecular flexibility index (Phi) is 7.79. The number of hydrogen-bond acceptors (Lipinski definition) is 5. The van der Waals surface area contributed by atoms with Gasteiger partial charge in [-0.3, -0.25) is 9.59 Å². The lowest BCUT2D eigenvalue weighted by Gasteiger charge is -2.18. The van der Waals surface area contributed by atoms with Crippen LogP contribution in [0.5, 0.6) is 0 Å². The number of carbonyl (C=O) groups is 2. The summed E-state index contributed by atoms with van der Waals surface area (Å²) < 4.78 is 31.2. The maximum Gasteiger partial charge on any atom is 0.306 e. The van der Waals surface area contributed by atoms with E-state index in [0.29, 0.717) is 31.1 Å². The summed E-state index contributed by atoms with van der Waals surface area (Å²) in [6.45, 7) is 4.01. The van der Waals surface area contributed by atoms with Crippen molar-refractivity contribution in [1.29, 1.82) is 0 Å². The lowest BCUT2D eigenvalue weighted by Crippen LogP contribution is -2.30. The fraction of sp³-hybridized carbons (Fsp3) is 0.579. The zero-order valence-electron chi connectivity index (χ0n) is 15.9. The van der Waals surface area contributed by atoms with Gasteiger partial charge in [0.25, 0.3) is 5.91 Å². The summed E-state index contributed by atoms with van der Waals surface area (Å²) in [5, 5.41) is 2.60. The monoisotopic (exact) mass is 396 g/mol. The zero-order valence-corrected chi connectivity index (χ0v) is 16.8. The number of sulfonamides is 1. The summed E-state index contributed by atoms with van der Waals surface area (Å²) in [5.74, 6) is -0.423. The number of benzene rings is 1. The summed E-state index contributed by atoms with van der Waals surface area (Å²) in [6, 6.07) is 5.95. The first-order valence-electron chi connectivity index (χ1n) is 9.42. The molecule has 0 bridgehead atoms. The molecule has 0 heterocycles. The first-order valence-corrected chi connectivity index (χ1v) is 10.9. The SMILES string of the molecule is CCN(CC)S(=O)(=O)c1ccc(NC(=O)COC(=O)CC2CCCC2)cc1. The molecule has 0 atom stereocenters. The topological polar surface area (TPSA) is 92.8 Å². The second kappa shape index (κ2) is 9.85. The van der Waals surface area contributed by atoms with E-state index in [2.05, 4.69) is 5.32 Å². The number of rotatable bonds is 9. The number of ether oxygens (including phenoxy) is 1. The molecule has 7 nitrogen and oxygen atoms in total. The van der Waals surface area contributed by atoms with Crippen molar-refractivity contribution >= 4 is 27.6 Å². The van der Waals surface area contributed by atoms with Crippen molar-refractivity contribution in [3.05, 3.63) is 24.3 Å². The molecule has 0 radical (unpaired) electrons. The van der Waals surface area contributed by atoms with Crippen LogP contribution >= 0.6 is 0 Å². The average Bonchev–Trinajstić information content (AvgIpc) is 3.14. The summed E-state index contributed by atoms with van der Waals surface area (Å²) in [6.07, 6.45) is 4.76. The maximum atomic E-state index is 12.4. The minimum Gasteiger partial charge on any atom is -0.456 e. The van der Waals surface area contributed by atoms with Crippen molar-refractivity contribution < 1.29 is 22.7 Å². The van der Waals surface area contributed by atoms with Crippen LogP contribution in [0, 0.1) is 5.92 Å². The number of esters is 1. The zero-order chi connectivity index (χ0) is 19.9. The number of carbonyl (C=O) groups excluding carboxylic acids is 2. The molecule has 1 saturated carbocycles. The van der Waals surface area contributed by atoms with Crippen LogP contribution < -0.4 is 5.32 Å². The summed E-state index contributed by atoms with van der Waals surface area (Å²) in [7, 11) is -3.53. The van der Waals surface area contributed by atoms with Crippen molar-refractivity contribution in [2.24, 2.45) is 5.92 Å². The van der Waals surface area contributed by atoms with Crippen LogP contribution in [0.15, 0.2) is 29.2 Å². The Morgan fingerprint density at radius 3 is 2.26 bits per heavy atom. The van der Waals surface area contributed by atoms with Crippen molar-refractivity contribution in [2.75, 3.05) is 25.0 Å². The quantitative estimate of drug-likeness (QED) is 0.648. The highest BCUT2D eigenvalue weighted by molar-refractivity contribution is 7.89. The average molecular weight is 397 g/mol. The van der Waals surface area contributed by atoms with Gasteiger partial charge in [0.05, 0.1) is 4.90 Å². The van der Waals surface area contributed by atoms with Gasteiger partial charge in [0.1, 0.15) is 0 Å². The standard InChI is InChI=1S/C19H28N2O5S/c1-3-21(4-2)27(24,25)17-11-9-16(10-12-17)20-18(22)14-26-19(23)13-15-7-5-6-8-15/h9-12,15H,3-8,13-14H2,1-2H3,(H,20,22). The second-order valence-corrected chi connectivity index (χ2v) is 8.62. The molecule has 1 aromatic rings. The molecule has 8 heteroatoms. The van der Waals surface area contributed by atoms with Gasteiger partial charge in [0.2, 0.25) is 10.0 Å². The first kappa shape index (κ1) is 21.4. The van der Waals surface area contributed by atoms with E-state index in [9.17, 15) is 18.0 Å². The third kappa shape index (κ3) is 6.04. The third-order valence-corrected chi connectivity index (χ3v) is 6.84. The summed E-state index contributed by atoms with van der Waals surface area (Å²) >= 11 is 0. The van der Waals surface area contributed by atoms with Gasteiger partial charge >= 0.3 is 5.97 Å². The number of anilines is 1. The molecule has 0 saturated heterocycles. The summed E-state index contributed by atoms with van der Waals surface area (Å²) in [4.78, 5) is 23.9. The lowest BCUT2D eigenvalue weighted by atomic mass is 10.1. The number of nitrogens with zero attached hydrogens (tertiary/aromatic N) is 1. The Balaban J connectivity index is 1.84. The maximum absolute atomic E-state index is 12.4. The number of nitrogens with one attached hydrogen (secondary N) is 1. The second-order valence-electron chi connectivity index (χ2n) is 6.68. The molecule has 0 aliphatic heterocycles. The predicted molar refractivity (Wildman–Crippen MR) is 103 cm³/mol.